The van der Waals surface area contributed by atoms with Crippen molar-refractivity contribution >= 4 is 39.7 Å². The molecule has 0 saturated carbocycles. The molecule has 20 heavy (non-hydrogen) atoms. The molecule has 3 N–H and O–H groups in total. The highest BCUT2D eigenvalue weighted by Gasteiger charge is 2.09. The third kappa shape index (κ3) is 6.69. The van der Waals surface area contributed by atoms with Crippen molar-refractivity contribution in [2.75, 3.05) is 29.9 Å². The van der Waals surface area contributed by atoms with Gasteiger partial charge in [-0.2, -0.15) is 0 Å². The second-order valence-electron chi connectivity index (χ2n) is 3.97. The van der Waals surface area contributed by atoms with Crippen LogP contribution in [0.4, 0.5) is 15.8 Å². The second kappa shape index (κ2) is 8.03. The highest BCUT2D eigenvalue weighted by molar-refractivity contribution is 7.92. The van der Waals surface area contributed by atoms with Crippen LogP contribution in [0.5, 0.6) is 0 Å². The summed E-state index contributed by atoms with van der Waals surface area (Å²) < 4.78 is 37.5. The fourth-order valence-electron chi connectivity index (χ4n) is 1.34. The van der Waals surface area contributed by atoms with Crippen molar-refractivity contribution in [1.82, 2.24) is 5.32 Å². The van der Waals surface area contributed by atoms with Crippen LogP contribution in [0.2, 0.25) is 0 Å². The molecule has 0 fully saturated rings. The van der Waals surface area contributed by atoms with Gasteiger partial charge in [0.2, 0.25) is 15.9 Å². The van der Waals surface area contributed by atoms with E-state index in [-0.39, 0.29) is 30.4 Å². The summed E-state index contributed by atoms with van der Waals surface area (Å²) in [7, 11) is -1.85. The van der Waals surface area contributed by atoms with Gasteiger partial charge in [-0.3, -0.25) is 9.52 Å². The van der Waals surface area contributed by atoms with Crippen molar-refractivity contribution in [3.8, 4) is 0 Å². The van der Waals surface area contributed by atoms with Crippen molar-refractivity contribution in [1.29, 1.82) is 0 Å². The number of hydrogen-bond donors (Lipinski definition) is 3. The number of sulfonamides is 1. The van der Waals surface area contributed by atoms with E-state index in [9.17, 15) is 17.6 Å². The average molecular weight is 326 g/mol. The lowest BCUT2D eigenvalue weighted by Gasteiger charge is -2.09. The van der Waals surface area contributed by atoms with Crippen molar-refractivity contribution in [2.45, 2.75) is 6.42 Å². The fourth-order valence-corrected chi connectivity index (χ4v) is 1.90. The van der Waals surface area contributed by atoms with Crippen LogP contribution in [-0.2, 0) is 14.8 Å². The first kappa shape index (κ1) is 18.6. The quantitative estimate of drug-likeness (QED) is 0.732. The van der Waals surface area contributed by atoms with E-state index in [0.717, 1.165) is 12.3 Å². The molecule has 1 rings (SSSR count). The van der Waals surface area contributed by atoms with Crippen molar-refractivity contribution < 1.29 is 17.6 Å². The standard InChI is InChI=1S/C11H16FN3O3S.ClH/c1-13-6-5-11(16)14-8-3-4-9(12)10(7-8)15-19(2,17)18;/h3-4,7,13,15H,5-6H2,1-2H3,(H,14,16);1H. The van der Waals surface area contributed by atoms with E-state index in [2.05, 4.69) is 10.6 Å². The molecule has 0 aliphatic heterocycles. The lowest BCUT2D eigenvalue weighted by Crippen LogP contribution is -2.19. The van der Waals surface area contributed by atoms with Gasteiger partial charge in [0.15, 0.2) is 0 Å². The van der Waals surface area contributed by atoms with Gasteiger partial charge in [-0.25, -0.2) is 12.8 Å². The van der Waals surface area contributed by atoms with Gasteiger partial charge in [0.05, 0.1) is 11.9 Å². The Kier molecular flexibility index (Phi) is 7.48. The number of hydrogen-bond acceptors (Lipinski definition) is 4. The van der Waals surface area contributed by atoms with Crippen LogP contribution < -0.4 is 15.4 Å². The molecule has 0 aliphatic rings. The Bertz CT molecular complexity index is 566. The molecule has 0 bridgehead atoms. The molecule has 0 spiro atoms. The molecule has 1 aromatic carbocycles. The molecule has 0 saturated heterocycles. The van der Waals surface area contributed by atoms with E-state index in [0.29, 0.717) is 12.2 Å². The van der Waals surface area contributed by atoms with Gasteiger partial charge in [0.1, 0.15) is 5.82 Å². The zero-order valence-electron chi connectivity index (χ0n) is 11.1. The molecule has 0 aliphatic carbocycles. The second-order valence-corrected chi connectivity index (χ2v) is 5.72. The molecule has 0 unspecified atom stereocenters. The molecular formula is C11H17ClFN3O3S. The fraction of sp³-hybridized carbons (Fsp3) is 0.364. The Morgan fingerprint density at radius 1 is 1.35 bits per heavy atom. The van der Waals surface area contributed by atoms with E-state index in [1.54, 1.807) is 7.05 Å². The van der Waals surface area contributed by atoms with E-state index >= 15 is 0 Å². The average Bonchev–Trinajstić information content (AvgIpc) is 2.29. The summed E-state index contributed by atoms with van der Waals surface area (Å²) in [6.07, 6.45) is 1.19. The molecule has 1 amide bonds. The zero-order chi connectivity index (χ0) is 14.5. The minimum atomic E-state index is -3.57. The molecule has 0 radical (unpaired) electrons. The van der Waals surface area contributed by atoms with Gasteiger partial charge in [0, 0.05) is 18.7 Å². The zero-order valence-corrected chi connectivity index (χ0v) is 12.7. The summed E-state index contributed by atoms with van der Waals surface area (Å²) >= 11 is 0. The first-order chi connectivity index (χ1) is 8.81. The molecular weight excluding hydrogens is 309 g/mol. The first-order valence-electron chi connectivity index (χ1n) is 5.53. The van der Waals surface area contributed by atoms with Gasteiger partial charge in [0.25, 0.3) is 0 Å². The van der Waals surface area contributed by atoms with Crippen molar-refractivity contribution in [2.24, 2.45) is 0 Å². The highest BCUT2D eigenvalue weighted by Crippen LogP contribution is 2.20. The van der Waals surface area contributed by atoms with E-state index in [1.807, 2.05) is 4.72 Å². The summed E-state index contributed by atoms with van der Waals surface area (Å²) in [6, 6.07) is 3.68. The van der Waals surface area contributed by atoms with Gasteiger partial charge in [-0.15, -0.1) is 12.4 Å². The number of nitrogens with one attached hydrogen (secondary N) is 3. The smallest absolute Gasteiger partial charge is 0.229 e. The predicted molar refractivity (Wildman–Crippen MR) is 79.3 cm³/mol. The largest absolute Gasteiger partial charge is 0.326 e. The number of amides is 1. The van der Waals surface area contributed by atoms with Crippen LogP contribution in [0.15, 0.2) is 18.2 Å². The van der Waals surface area contributed by atoms with Crippen LogP contribution in [0.1, 0.15) is 6.42 Å². The van der Waals surface area contributed by atoms with Crippen molar-refractivity contribution in [3.05, 3.63) is 24.0 Å². The third-order valence-electron chi connectivity index (χ3n) is 2.15. The monoisotopic (exact) mass is 325 g/mol. The summed E-state index contributed by atoms with van der Waals surface area (Å²) in [6.45, 7) is 0.515. The maximum absolute atomic E-state index is 13.4. The number of rotatable bonds is 6. The lowest BCUT2D eigenvalue weighted by molar-refractivity contribution is -0.116. The molecule has 1 aromatic rings. The Morgan fingerprint density at radius 2 is 2.00 bits per heavy atom. The number of carbonyl (C=O) groups excluding carboxylic acids is 1. The highest BCUT2D eigenvalue weighted by atomic mass is 35.5. The maximum atomic E-state index is 13.4. The Labute approximate surface area is 123 Å². The van der Waals surface area contributed by atoms with Crippen LogP contribution in [0.3, 0.4) is 0 Å². The number of benzene rings is 1. The first-order valence-corrected chi connectivity index (χ1v) is 7.43. The van der Waals surface area contributed by atoms with Gasteiger partial charge >= 0.3 is 0 Å². The van der Waals surface area contributed by atoms with Crippen LogP contribution in [-0.4, -0.2) is 34.2 Å². The number of halogens is 2. The predicted octanol–water partition coefficient (Wildman–Crippen LogP) is 1.17. The molecule has 114 valence electrons. The lowest BCUT2D eigenvalue weighted by atomic mass is 10.2. The minimum absolute atomic E-state index is 0. The van der Waals surface area contributed by atoms with Crippen LogP contribution >= 0.6 is 12.4 Å². The Balaban J connectivity index is 0.00000361. The Morgan fingerprint density at radius 3 is 2.55 bits per heavy atom. The van der Waals surface area contributed by atoms with Crippen LogP contribution in [0.25, 0.3) is 0 Å². The molecule has 6 nitrogen and oxygen atoms in total. The molecule has 9 heteroatoms. The minimum Gasteiger partial charge on any atom is -0.326 e. The van der Waals surface area contributed by atoms with Gasteiger partial charge in [-0.1, -0.05) is 0 Å². The third-order valence-corrected chi connectivity index (χ3v) is 2.74. The Hall–Kier alpha value is -1.38. The topological polar surface area (TPSA) is 87.3 Å². The van der Waals surface area contributed by atoms with Crippen LogP contribution in [0, 0.1) is 5.82 Å². The van der Waals surface area contributed by atoms with Gasteiger partial charge < -0.3 is 10.6 Å². The summed E-state index contributed by atoms with van der Waals surface area (Å²) in [5.41, 5.74) is 0.127. The van der Waals surface area contributed by atoms with E-state index in [4.69, 9.17) is 0 Å². The SMILES string of the molecule is CNCCC(=O)Nc1ccc(F)c(NS(C)(=O)=O)c1.Cl. The molecule has 0 heterocycles. The maximum Gasteiger partial charge on any atom is 0.229 e. The van der Waals surface area contributed by atoms with Crippen molar-refractivity contribution in [3.63, 3.8) is 0 Å². The normalized spacial score (nSPS) is 10.6. The summed E-state index contributed by atoms with van der Waals surface area (Å²) in [5.74, 6) is -0.954. The summed E-state index contributed by atoms with van der Waals surface area (Å²) in [5, 5.41) is 5.37. The molecule has 0 aromatic heterocycles. The van der Waals surface area contributed by atoms with E-state index < -0.39 is 15.8 Å². The number of anilines is 2. The van der Waals surface area contributed by atoms with E-state index in [1.165, 1.54) is 12.1 Å². The van der Waals surface area contributed by atoms with Gasteiger partial charge in [-0.05, 0) is 25.2 Å². The molecule has 0 atom stereocenters. The number of carbonyl (C=O) groups is 1. The summed E-state index contributed by atoms with van der Waals surface area (Å²) in [4.78, 5) is 11.5.